The number of nitrogen functional groups attached to an aromatic ring is 1. The zero-order valence-electron chi connectivity index (χ0n) is 9.79. The Balaban J connectivity index is 2.65. The van der Waals surface area contributed by atoms with Crippen molar-refractivity contribution in [3.05, 3.63) is 23.8 Å². The van der Waals surface area contributed by atoms with Crippen LogP contribution in [0.2, 0.25) is 0 Å². The second-order valence-corrected chi connectivity index (χ2v) is 3.78. The molecular formula is C12H20N2O. The summed E-state index contributed by atoms with van der Waals surface area (Å²) in [4.78, 5) is 2.17. The number of hydrogen-bond acceptors (Lipinski definition) is 3. The molecule has 3 nitrogen and oxygen atoms in total. The van der Waals surface area contributed by atoms with Gasteiger partial charge in [-0.1, -0.05) is 12.1 Å². The summed E-state index contributed by atoms with van der Waals surface area (Å²) in [6.07, 6.45) is 1.01. The van der Waals surface area contributed by atoms with E-state index in [0.717, 1.165) is 36.5 Å². The third-order valence-corrected chi connectivity index (χ3v) is 2.55. The molecule has 0 aliphatic heterocycles. The molecule has 0 heterocycles. The summed E-state index contributed by atoms with van der Waals surface area (Å²) >= 11 is 0. The van der Waals surface area contributed by atoms with E-state index in [-0.39, 0.29) is 0 Å². The first-order valence-electron chi connectivity index (χ1n) is 5.22. The number of rotatable bonds is 5. The van der Waals surface area contributed by atoms with Gasteiger partial charge in [0.1, 0.15) is 0 Å². The van der Waals surface area contributed by atoms with Crippen LogP contribution in [-0.4, -0.2) is 27.3 Å². The molecule has 0 amide bonds. The van der Waals surface area contributed by atoms with Gasteiger partial charge >= 0.3 is 0 Å². The van der Waals surface area contributed by atoms with E-state index in [1.807, 2.05) is 19.1 Å². The van der Waals surface area contributed by atoms with Gasteiger partial charge in [-0.2, -0.15) is 0 Å². The maximum atomic E-state index is 6.01. The average molecular weight is 208 g/mol. The molecule has 84 valence electrons. The number of nitrogens with zero attached hydrogens (tertiary/aromatic N) is 1. The molecule has 0 spiro atoms. The minimum Gasteiger partial charge on any atom is -0.397 e. The molecule has 1 aromatic carbocycles. The van der Waals surface area contributed by atoms with Crippen molar-refractivity contribution in [2.24, 2.45) is 0 Å². The maximum Gasteiger partial charge on any atom is 0.0600 e. The predicted molar refractivity (Wildman–Crippen MR) is 65.4 cm³/mol. The summed E-state index contributed by atoms with van der Waals surface area (Å²) < 4.78 is 5.02. The number of aryl methyl sites for hydroxylation is 1. The van der Waals surface area contributed by atoms with Gasteiger partial charge in [-0.25, -0.2) is 0 Å². The topological polar surface area (TPSA) is 38.5 Å². The molecule has 0 atom stereocenters. The molecule has 0 aliphatic rings. The van der Waals surface area contributed by atoms with E-state index in [9.17, 15) is 0 Å². The van der Waals surface area contributed by atoms with Gasteiger partial charge in [0.15, 0.2) is 0 Å². The molecule has 0 bridgehead atoms. The van der Waals surface area contributed by atoms with E-state index in [1.54, 1.807) is 7.11 Å². The van der Waals surface area contributed by atoms with E-state index in [4.69, 9.17) is 10.5 Å². The molecule has 15 heavy (non-hydrogen) atoms. The molecule has 0 saturated carbocycles. The fourth-order valence-electron chi connectivity index (χ4n) is 1.56. The Morgan fingerprint density at radius 3 is 2.80 bits per heavy atom. The van der Waals surface area contributed by atoms with Crippen LogP contribution in [0.25, 0.3) is 0 Å². The lowest BCUT2D eigenvalue weighted by Gasteiger charge is -2.21. The van der Waals surface area contributed by atoms with Gasteiger partial charge in [-0.15, -0.1) is 0 Å². The minimum absolute atomic E-state index is 0.788. The number of para-hydroxylation sites is 1. The fraction of sp³-hybridized carbons (Fsp3) is 0.500. The van der Waals surface area contributed by atoms with Crippen LogP contribution in [0.15, 0.2) is 18.2 Å². The van der Waals surface area contributed by atoms with Crippen molar-refractivity contribution in [3.8, 4) is 0 Å². The minimum atomic E-state index is 0.788. The van der Waals surface area contributed by atoms with Gasteiger partial charge in [0.2, 0.25) is 0 Å². The zero-order valence-corrected chi connectivity index (χ0v) is 9.79. The normalized spacial score (nSPS) is 10.3. The van der Waals surface area contributed by atoms with E-state index >= 15 is 0 Å². The highest BCUT2D eigenvalue weighted by Gasteiger charge is 2.05. The van der Waals surface area contributed by atoms with Crippen LogP contribution in [-0.2, 0) is 4.74 Å². The molecule has 0 saturated heterocycles. The largest absolute Gasteiger partial charge is 0.397 e. The standard InChI is InChI=1S/C12H20N2O/c1-10-6-4-7-11(12(10)13)14(2)8-5-9-15-3/h4,6-7H,5,8-9,13H2,1-3H3. The molecule has 2 N–H and O–H groups in total. The van der Waals surface area contributed by atoms with Crippen LogP contribution < -0.4 is 10.6 Å². The monoisotopic (exact) mass is 208 g/mol. The molecule has 1 aromatic rings. The number of nitrogens with two attached hydrogens (primary N) is 1. The van der Waals surface area contributed by atoms with Crippen molar-refractivity contribution in [1.82, 2.24) is 0 Å². The molecule has 0 unspecified atom stereocenters. The quantitative estimate of drug-likeness (QED) is 0.594. The highest BCUT2D eigenvalue weighted by molar-refractivity contribution is 5.70. The van der Waals surface area contributed by atoms with Crippen LogP contribution >= 0.6 is 0 Å². The number of hydrogen-bond donors (Lipinski definition) is 1. The van der Waals surface area contributed by atoms with Crippen molar-refractivity contribution in [1.29, 1.82) is 0 Å². The zero-order chi connectivity index (χ0) is 11.3. The van der Waals surface area contributed by atoms with Crippen molar-refractivity contribution < 1.29 is 4.74 Å². The van der Waals surface area contributed by atoms with Gasteiger partial charge in [-0.3, -0.25) is 0 Å². The SMILES string of the molecule is COCCCN(C)c1cccc(C)c1N. The summed E-state index contributed by atoms with van der Waals surface area (Å²) in [6, 6.07) is 6.12. The van der Waals surface area contributed by atoms with Gasteiger partial charge in [0.05, 0.1) is 11.4 Å². The number of ether oxygens (including phenoxy) is 1. The maximum absolute atomic E-state index is 6.01. The molecule has 3 heteroatoms. The van der Waals surface area contributed by atoms with Crippen molar-refractivity contribution in [2.45, 2.75) is 13.3 Å². The number of methoxy groups -OCH3 is 1. The Morgan fingerprint density at radius 1 is 1.40 bits per heavy atom. The van der Waals surface area contributed by atoms with Gasteiger partial charge < -0.3 is 15.4 Å². The molecule has 0 aliphatic carbocycles. The smallest absolute Gasteiger partial charge is 0.0600 e. The summed E-state index contributed by atoms with van der Waals surface area (Å²) in [5.74, 6) is 0. The molecular weight excluding hydrogens is 188 g/mol. The van der Waals surface area contributed by atoms with Crippen LogP contribution in [0.5, 0.6) is 0 Å². The Kier molecular flexibility index (Phi) is 4.43. The first-order chi connectivity index (χ1) is 7.16. The lowest BCUT2D eigenvalue weighted by Crippen LogP contribution is -2.21. The highest BCUT2D eigenvalue weighted by Crippen LogP contribution is 2.24. The Bertz CT molecular complexity index is 312. The number of anilines is 2. The molecule has 0 radical (unpaired) electrons. The average Bonchev–Trinajstić information content (AvgIpc) is 2.22. The van der Waals surface area contributed by atoms with E-state index in [1.165, 1.54) is 0 Å². The Hall–Kier alpha value is -1.22. The van der Waals surface area contributed by atoms with Crippen molar-refractivity contribution in [3.63, 3.8) is 0 Å². The lowest BCUT2D eigenvalue weighted by molar-refractivity contribution is 0.196. The van der Waals surface area contributed by atoms with Crippen LogP contribution in [0.4, 0.5) is 11.4 Å². The molecule has 1 rings (SSSR count). The highest BCUT2D eigenvalue weighted by atomic mass is 16.5. The van der Waals surface area contributed by atoms with Crippen molar-refractivity contribution >= 4 is 11.4 Å². The Labute approximate surface area is 91.8 Å². The van der Waals surface area contributed by atoms with Crippen LogP contribution in [0.3, 0.4) is 0 Å². The number of benzene rings is 1. The van der Waals surface area contributed by atoms with Gasteiger partial charge in [-0.05, 0) is 25.0 Å². The predicted octanol–water partition coefficient (Wildman–Crippen LogP) is 2.05. The third-order valence-electron chi connectivity index (χ3n) is 2.55. The molecule has 0 fully saturated rings. The molecule has 0 aromatic heterocycles. The van der Waals surface area contributed by atoms with E-state index in [2.05, 4.69) is 18.0 Å². The van der Waals surface area contributed by atoms with E-state index < -0.39 is 0 Å². The summed E-state index contributed by atoms with van der Waals surface area (Å²) in [5, 5.41) is 0. The lowest BCUT2D eigenvalue weighted by atomic mass is 10.1. The van der Waals surface area contributed by atoms with Crippen LogP contribution in [0, 0.1) is 6.92 Å². The second-order valence-electron chi connectivity index (χ2n) is 3.78. The van der Waals surface area contributed by atoms with Crippen molar-refractivity contribution in [2.75, 3.05) is 37.9 Å². The first kappa shape index (κ1) is 11.9. The fourth-order valence-corrected chi connectivity index (χ4v) is 1.56. The van der Waals surface area contributed by atoms with Crippen LogP contribution in [0.1, 0.15) is 12.0 Å². The summed E-state index contributed by atoms with van der Waals surface area (Å²) in [7, 11) is 3.78. The Morgan fingerprint density at radius 2 is 2.13 bits per heavy atom. The van der Waals surface area contributed by atoms with E-state index in [0.29, 0.717) is 0 Å². The van der Waals surface area contributed by atoms with Gasteiger partial charge in [0, 0.05) is 27.3 Å². The third kappa shape index (κ3) is 3.13. The summed E-state index contributed by atoms with van der Waals surface area (Å²) in [5.41, 5.74) is 9.12. The second kappa shape index (κ2) is 5.61. The summed E-state index contributed by atoms with van der Waals surface area (Å²) in [6.45, 7) is 3.78. The first-order valence-corrected chi connectivity index (χ1v) is 5.22. The van der Waals surface area contributed by atoms with Gasteiger partial charge in [0.25, 0.3) is 0 Å².